The van der Waals surface area contributed by atoms with Crippen LogP contribution in [0.25, 0.3) is 27.9 Å². The summed E-state index contributed by atoms with van der Waals surface area (Å²) < 4.78 is 1.81. The van der Waals surface area contributed by atoms with Gasteiger partial charge in [0.2, 0.25) is 0 Å². The Balaban J connectivity index is 2.04. The van der Waals surface area contributed by atoms with Gasteiger partial charge in [-0.3, -0.25) is 9.36 Å². The summed E-state index contributed by atoms with van der Waals surface area (Å²) in [6.45, 7) is 6.01. The number of nitrogens with one attached hydrogen (secondary N) is 1. The van der Waals surface area contributed by atoms with Gasteiger partial charge in [-0.1, -0.05) is 31.2 Å². The molecule has 1 amide bonds. The van der Waals surface area contributed by atoms with E-state index in [2.05, 4.69) is 5.32 Å². The first-order chi connectivity index (χ1) is 13.5. The summed E-state index contributed by atoms with van der Waals surface area (Å²) in [6.07, 6.45) is 0.830. The molecule has 3 N–H and O–H groups in total. The smallest absolute Gasteiger partial charge is 0.257 e. The summed E-state index contributed by atoms with van der Waals surface area (Å²) in [6, 6.07) is 15.6. The molecule has 0 aliphatic heterocycles. The number of nitrogen functional groups attached to an aromatic ring is 1. The number of para-hydroxylation sites is 2. The fraction of sp³-hybridized carbons (Fsp3) is 0.227. The Morgan fingerprint density at radius 2 is 1.86 bits per heavy atom. The second-order valence-electron chi connectivity index (χ2n) is 7.10. The minimum absolute atomic E-state index is 0.0395. The third-order valence-electron chi connectivity index (χ3n) is 4.97. The predicted molar refractivity (Wildman–Crippen MR) is 113 cm³/mol. The molecule has 4 aromatic rings. The van der Waals surface area contributed by atoms with Crippen molar-refractivity contribution in [3.63, 3.8) is 0 Å². The molecule has 2 aromatic carbocycles. The molecular formula is C22H23N5O. The van der Waals surface area contributed by atoms with Gasteiger partial charge < -0.3 is 11.1 Å². The second kappa shape index (κ2) is 6.96. The van der Waals surface area contributed by atoms with E-state index in [9.17, 15) is 4.79 Å². The van der Waals surface area contributed by atoms with Gasteiger partial charge in [-0.2, -0.15) is 0 Å². The Bertz CT molecular complexity index is 1190. The summed E-state index contributed by atoms with van der Waals surface area (Å²) in [7, 11) is 0. The molecular weight excluding hydrogens is 350 g/mol. The molecule has 0 saturated heterocycles. The second-order valence-corrected chi connectivity index (χ2v) is 7.10. The first-order valence-corrected chi connectivity index (χ1v) is 9.44. The highest BCUT2D eigenvalue weighted by Gasteiger charge is 2.25. The maximum Gasteiger partial charge on any atom is 0.257 e. The third kappa shape index (κ3) is 2.97. The SMILES string of the molecule is CC[C@H](C)NC(=O)c1c(N)n(-c2cccc(C)c2)c2nc3ccccc3nc12. The van der Waals surface area contributed by atoms with Gasteiger partial charge in [0, 0.05) is 11.7 Å². The zero-order valence-electron chi connectivity index (χ0n) is 16.2. The maximum atomic E-state index is 13.0. The normalized spacial score (nSPS) is 12.4. The number of nitrogens with zero attached hydrogens (tertiary/aromatic N) is 3. The molecule has 0 bridgehead atoms. The lowest BCUT2D eigenvalue weighted by Crippen LogP contribution is -2.32. The first-order valence-electron chi connectivity index (χ1n) is 9.44. The predicted octanol–water partition coefficient (Wildman–Crippen LogP) is 3.99. The molecule has 0 aliphatic rings. The lowest BCUT2D eigenvalue weighted by Gasteiger charge is -2.12. The van der Waals surface area contributed by atoms with Gasteiger partial charge in [0.05, 0.1) is 11.0 Å². The Morgan fingerprint density at radius 1 is 1.14 bits per heavy atom. The van der Waals surface area contributed by atoms with Gasteiger partial charge in [0.1, 0.15) is 16.9 Å². The van der Waals surface area contributed by atoms with E-state index in [0.29, 0.717) is 22.5 Å². The van der Waals surface area contributed by atoms with Crippen LogP contribution >= 0.6 is 0 Å². The lowest BCUT2D eigenvalue weighted by atomic mass is 10.2. The highest BCUT2D eigenvalue weighted by atomic mass is 16.1. The minimum atomic E-state index is -0.229. The van der Waals surface area contributed by atoms with Crippen molar-refractivity contribution < 1.29 is 4.79 Å². The van der Waals surface area contributed by atoms with Crippen LogP contribution in [0, 0.1) is 6.92 Å². The van der Waals surface area contributed by atoms with E-state index < -0.39 is 0 Å². The summed E-state index contributed by atoms with van der Waals surface area (Å²) in [5.74, 6) is 0.115. The van der Waals surface area contributed by atoms with Crippen LogP contribution in [0.2, 0.25) is 0 Å². The highest BCUT2D eigenvalue weighted by molar-refractivity contribution is 6.11. The molecule has 1 atom stereocenters. The van der Waals surface area contributed by atoms with Gasteiger partial charge in [-0.15, -0.1) is 0 Å². The van der Waals surface area contributed by atoms with Crippen molar-refractivity contribution in [2.75, 3.05) is 5.73 Å². The van der Waals surface area contributed by atoms with Crippen LogP contribution in [0.3, 0.4) is 0 Å². The Labute approximate surface area is 163 Å². The number of rotatable bonds is 4. The van der Waals surface area contributed by atoms with Crippen molar-refractivity contribution in [2.24, 2.45) is 0 Å². The lowest BCUT2D eigenvalue weighted by molar-refractivity contribution is 0.0941. The Hall–Kier alpha value is -3.41. The number of amides is 1. The first kappa shape index (κ1) is 18.0. The molecule has 2 heterocycles. The van der Waals surface area contributed by atoms with Crippen molar-refractivity contribution in [3.05, 3.63) is 59.7 Å². The average Bonchev–Trinajstić information content (AvgIpc) is 2.96. The Morgan fingerprint density at radius 3 is 2.54 bits per heavy atom. The quantitative estimate of drug-likeness (QED) is 0.566. The Kier molecular flexibility index (Phi) is 4.47. The maximum absolute atomic E-state index is 13.0. The number of hydrogen-bond donors (Lipinski definition) is 2. The average molecular weight is 373 g/mol. The number of aromatic nitrogens is 3. The fourth-order valence-electron chi connectivity index (χ4n) is 3.31. The summed E-state index contributed by atoms with van der Waals surface area (Å²) in [5.41, 5.74) is 11.4. The summed E-state index contributed by atoms with van der Waals surface area (Å²) in [4.78, 5) is 22.5. The molecule has 142 valence electrons. The fourth-order valence-corrected chi connectivity index (χ4v) is 3.31. The van der Waals surface area contributed by atoms with E-state index in [1.54, 1.807) is 0 Å². The van der Waals surface area contributed by atoms with E-state index in [1.165, 1.54) is 0 Å². The molecule has 4 rings (SSSR count). The van der Waals surface area contributed by atoms with Crippen LogP contribution in [-0.4, -0.2) is 26.5 Å². The molecule has 0 fully saturated rings. The van der Waals surface area contributed by atoms with E-state index in [0.717, 1.165) is 28.7 Å². The van der Waals surface area contributed by atoms with Crippen LogP contribution in [0.5, 0.6) is 0 Å². The number of benzene rings is 2. The van der Waals surface area contributed by atoms with E-state index in [1.807, 2.05) is 73.9 Å². The number of carbonyl (C=O) groups is 1. The van der Waals surface area contributed by atoms with Crippen molar-refractivity contribution in [2.45, 2.75) is 33.2 Å². The number of carbonyl (C=O) groups excluding carboxylic acids is 1. The van der Waals surface area contributed by atoms with Gasteiger partial charge >= 0.3 is 0 Å². The van der Waals surface area contributed by atoms with Crippen LogP contribution in [0.1, 0.15) is 36.2 Å². The van der Waals surface area contributed by atoms with Crippen LogP contribution in [-0.2, 0) is 0 Å². The zero-order chi connectivity index (χ0) is 19.8. The molecule has 6 heteroatoms. The van der Waals surface area contributed by atoms with Crippen molar-refractivity contribution >= 4 is 33.9 Å². The molecule has 0 spiro atoms. The molecule has 0 saturated carbocycles. The van der Waals surface area contributed by atoms with Gasteiger partial charge in [-0.25, -0.2) is 9.97 Å². The van der Waals surface area contributed by atoms with Gasteiger partial charge in [0.25, 0.3) is 5.91 Å². The highest BCUT2D eigenvalue weighted by Crippen LogP contribution is 2.31. The number of anilines is 1. The summed E-state index contributed by atoms with van der Waals surface area (Å²) in [5, 5.41) is 3.00. The van der Waals surface area contributed by atoms with E-state index in [-0.39, 0.29) is 11.9 Å². The monoisotopic (exact) mass is 373 g/mol. The summed E-state index contributed by atoms with van der Waals surface area (Å²) >= 11 is 0. The van der Waals surface area contributed by atoms with Crippen molar-refractivity contribution in [1.29, 1.82) is 0 Å². The molecule has 0 aliphatic carbocycles. The number of hydrogen-bond acceptors (Lipinski definition) is 4. The van der Waals surface area contributed by atoms with Crippen LogP contribution in [0.4, 0.5) is 5.82 Å². The topological polar surface area (TPSA) is 85.8 Å². The number of fused-ring (bicyclic) bond motifs is 2. The minimum Gasteiger partial charge on any atom is -0.384 e. The molecule has 2 aromatic heterocycles. The zero-order valence-corrected chi connectivity index (χ0v) is 16.2. The van der Waals surface area contributed by atoms with Gasteiger partial charge in [0.15, 0.2) is 5.65 Å². The number of nitrogens with two attached hydrogens (primary N) is 1. The number of aryl methyl sites for hydroxylation is 1. The van der Waals surface area contributed by atoms with Gasteiger partial charge in [-0.05, 0) is 50.1 Å². The molecule has 28 heavy (non-hydrogen) atoms. The molecule has 6 nitrogen and oxygen atoms in total. The van der Waals surface area contributed by atoms with Crippen molar-refractivity contribution in [1.82, 2.24) is 19.9 Å². The van der Waals surface area contributed by atoms with E-state index >= 15 is 0 Å². The third-order valence-corrected chi connectivity index (χ3v) is 4.97. The standard InChI is InChI=1S/C22H23N5O/c1-4-14(3)24-22(28)18-19-21(26-17-11-6-5-10-16(17)25-19)27(20(18)23)15-9-7-8-13(2)12-15/h5-12,14H,4,23H2,1-3H3,(H,24,28)/t14-/m0/s1. The van der Waals surface area contributed by atoms with Crippen LogP contribution in [0.15, 0.2) is 48.5 Å². The van der Waals surface area contributed by atoms with Crippen molar-refractivity contribution in [3.8, 4) is 5.69 Å². The van der Waals surface area contributed by atoms with E-state index in [4.69, 9.17) is 15.7 Å². The molecule has 0 unspecified atom stereocenters. The largest absolute Gasteiger partial charge is 0.384 e. The molecule has 0 radical (unpaired) electrons. The van der Waals surface area contributed by atoms with Crippen LogP contribution < -0.4 is 11.1 Å².